The lowest BCUT2D eigenvalue weighted by molar-refractivity contribution is -0.121. The summed E-state index contributed by atoms with van der Waals surface area (Å²) in [6.07, 6.45) is 7.46. The van der Waals surface area contributed by atoms with Crippen LogP contribution in [0.15, 0.2) is 23.8 Å². The van der Waals surface area contributed by atoms with Crippen LogP contribution in [0.4, 0.5) is 18.9 Å². The molecular weight excluding hydrogens is 345 g/mol. The van der Waals surface area contributed by atoms with Gasteiger partial charge in [0.15, 0.2) is 17.5 Å². The summed E-state index contributed by atoms with van der Waals surface area (Å²) in [5.41, 5.74) is 0.960. The van der Waals surface area contributed by atoms with E-state index in [9.17, 15) is 22.8 Å². The summed E-state index contributed by atoms with van der Waals surface area (Å²) >= 11 is 0. The molecule has 0 bridgehead atoms. The van der Waals surface area contributed by atoms with E-state index in [2.05, 4.69) is 11.4 Å². The van der Waals surface area contributed by atoms with E-state index in [1.807, 2.05) is 0 Å². The molecular formula is C19H23F3N2O2. The van der Waals surface area contributed by atoms with Crippen LogP contribution < -0.4 is 10.2 Å². The Hall–Kier alpha value is -2.31. The topological polar surface area (TPSA) is 49.4 Å². The van der Waals surface area contributed by atoms with E-state index in [4.69, 9.17) is 0 Å². The zero-order valence-corrected chi connectivity index (χ0v) is 14.8. The van der Waals surface area contributed by atoms with Crippen molar-refractivity contribution in [2.24, 2.45) is 0 Å². The number of carbonyl (C=O) groups excluding carboxylic acids is 2. The third kappa shape index (κ3) is 5.34. The van der Waals surface area contributed by atoms with E-state index in [0.29, 0.717) is 6.54 Å². The first-order chi connectivity index (χ1) is 12.4. The normalized spacial score (nSPS) is 13.9. The van der Waals surface area contributed by atoms with Crippen molar-refractivity contribution < 1.29 is 22.8 Å². The van der Waals surface area contributed by atoms with Crippen LogP contribution in [0.1, 0.15) is 45.4 Å². The average Bonchev–Trinajstić information content (AvgIpc) is 2.62. The predicted octanol–water partition coefficient (Wildman–Crippen LogP) is 3.85. The predicted molar refractivity (Wildman–Crippen MR) is 93.1 cm³/mol. The fraction of sp³-hybridized carbons (Fsp3) is 0.474. The molecule has 0 fully saturated rings. The van der Waals surface area contributed by atoms with Crippen LogP contribution >= 0.6 is 0 Å². The van der Waals surface area contributed by atoms with Crippen molar-refractivity contribution in [3.05, 3.63) is 41.2 Å². The van der Waals surface area contributed by atoms with Gasteiger partial charge in [-0.15, -0.1) is 0 Å². The van der Waals surface area contributed by atoms with Gasteiger partial charge < -0.3 is 10.2 Å². The Labute approximate surface area is 151 Å². The van der Waals surface area contributed by atoms with E-state index in [1.54, 1.807) is 0 Å². The molecule has 0 aliphatic heterocycles. The second kappa shape index (κ2) is 9.40. The minimum absolute atomic E-state index is 0.0585. The number of hydrogen-bond donors (Lipinski definition) is 1. The maximum Gasteiger partial charge on any atom is 0.223 e. The first-order valence-corrected chi connectivity index (χ1v) is 8.76. The molecule has 1 aromatic rings. The Morgan fingerprint density at radius 3 is 2.58 bits per heavy atom. The number of halogens is 3. The monoisotopic (exact) mass is 368 g/mol. The number of anilines is 1. The second-order valence-electron chi connectivity index (χ2n) is 6.32. The highest BCUT2D eigenvalue weighted by atomic mass is 19.2. The van der Waals surface area contributed by atoms with Gasteiger partial charge in [0, 0.05) is 26.4 Å². The molecule has 1 aliphatic rings. The Morgan fingerprint density at radius 1 is 1.15 bits per heavy atom. The Morgan fingerprint density at radius 2 is 1.92 bits per heavy atom. The molecule has 26 heavy (non-hydrogen) atoms. The third-order valence-corrected chi connectivity index (χ3v) is 4.40. The van der Waals surface area contributed by atoms with Crippen molar-refractivity contribution in [2.75, 3.05) is 18.0 Å². The minimum Gasteiger partial charge on any atom is -0.356 e. The summed E-state index contributed by atoms with van der Waals surface area (Å²) in [5.74, 6) is -5.25. The first kappa shape index (κ1) is 20.0. The smallest absolute Gasteiger partial charge is 0.223 e. The lowest BCUT2D eigenvalue weighted by Gasteiger charge is -2.22. The Bertz CT molecular complexity index is 704. The molecule has 0 atom stereocenters. The summed E-state index contributed by atoms with van der Waals surface area (Å²) in [5, 5.41) is 2.77. The summed E-state index contributed by atoms with van der Waals surface area (Å²) in [6.45, 7) is 1.56. The number of amides is 2. The van der Waals surface area contributed by atoms with Gasteiger partial charge in [-0.2, -0.15) is 0 Å². The Kier molecular flexibility index (Phi) is 7.24. The van der Waals surface area contributed by atoms with E-state index in [-0.39, 0.29) is 24.6 Å². The zero-order valence-electron chi connectivity index (χ0n) is 14.8. The van der Waals surface area contributed by atoms with Crippen LogP contribution in [0.25, 0.3) is 0 Å². The Balaban J connectivity index is 1.88. The molecule has 1 aliphatic carbocycles. The average molecular weight is 368 g/mol. The summed E-state index contributed by atoms with van der Waals surface area (Å²) in [4.78, 5) is 24.6. The largest absolute Gasteiger partial charge is 0.356 e. The molecule has 2 rings (SSSR count). The summed E-state index contributed by atoms with van der Waals surface area (Å²) in [6, 6.07) is 1.74. The van der Waals surface area contributed by atoms with Gasteiger partial charge in [-0.3, -0.25) is 9.59 Å². The molecule has 1 aromatic carbocycles. The molecule has 4 nitrogen and oxygen atoms in total. The standard InChI is InChI=1S/C19H23F3N2O2/c1-13(25)24(16-8-7-15(20)18(21)19(16)22)12-10-17(26)23-11-9-14-5-3-2-4-6-14/h5,7-8H,2-4,6,9-12H2,1H3,(H,23,26). The molecule has 7 heteroatoms. The molecule has 0 radical (unpaired) electrons. The second-order valence-corrected chi connectivity index (χ2v) is 6.32. The molecule has 0 heterocycles. The van der Waals surface area contributed by atoms with Crippen molar-refractivity contribution in [3.63, 3.8) is 0 Å². The minimum atomic E-state index is -1.64. The number of nitrogens with zero attached hydrogens (tertiary/aromatic N) is 1. The van der Waals surface area contributed by atoms with Crippen LogP contribution in [-0.2, 0) is 9.59 Å². The lowest BCUT2D eigenvalue weighted by Crippen LogP contribution is -2.35. The van der Waals surface area contributed by atoms with Crippen LogP contribution in [0, 0.1) is 17.5 Å². The van der Waals surface area contributed by atoms with Crippen LogP contribution in [-0.4, -0.2) is 24.9 Å². The van der Waals surface area contributed by atoms with Crippen molar-refractivity contribution in [2.45, 2.75) is 45.4 Å². The highest BCUT2D eigenvalue weighted by Crippen LogP contribution is 2.24. The number of allylic oxidation sites excluding steroid dienone is 1. The summed E-state index contributed by atoms with van der Waals surface area (Å²) in [7, 11) is 0. The van der Waals surface area contributed by atoms with E-state index in [0.717, 1.165) is 36.3 Å². The molecule has 142 valence electrons. The number of rotatable bonds is 7. The van der Waals surface area contributed by atoms with Crippen molar-refractivity contribution in [1.82, 2.24) is 5.32 Å². The fourth-order valence-electron chi connectivity index (χ4n) is 2.97. The van der Waals surface area contributed by atoms with Crippen LogP contribution in [0.3, 0.4) is 0 Å². The molecule has 2 amide bonds. The molecule has 0 spiro atoms. The molecule has 0 saturated carbocycles. The third-order valence-electron chi connectivity index (χ3n) is 4.40. The van der Waals surface area contributed by atoms with Crippen molar-refractivity contribution >= 4 is 17.5 Å². The number of carbonyl (C=O) groups is 2. The lowest BCUT2D eigenvalue weighted by atomic mass is 9.97. The van der Waals surface area contributed by atoms with E-state index >= 15 is 0 Å². The number of benzene rings is 1. The van der Waals surface area contributed by atoms with Crippen molar-refractivity contribution in [1.29, 1.82) is 0 Å². The quantitative estimate of drug-likeness (QED) is 0.587. The highest BCUT2D eigenvalue weighted by molar-refractivity contribution is 5.92. The SMILES string of the molecule is CC(=O)N(CCC(=O)NCCC1=CCCCC1)c1ccc(F)c(F)c1F. The van der Waals surface area contributed by atoms with Gasteiger partial charge in [0.05, 0.1) is 5.69 Å². The maximum atomic E-state index is 13.9. The number of nitrogens with one attached hydrogen (secondary N) is 1. The maximum absolute atomic E-state index is 13.9. The fourth-order valence-corrected chi connectivity index (χ4v) is 2.97. The molecule has 0 unspecified atom stereocenters. The first-order valence-electron chi connectivity index (χ1n) is 8.76. The van der Waals surface area contributed by atoms with E-state index in [1.165, 1.54) is 25.3 Å². The van der Waals surface area contributed by atoms with Crippen LogP contribution in [0.2, 0.25) is 0 Å². The van der Waals surface area contributed by atoms with Gasteiger partial charge in [-0.1, -0.05) is 11.6 Å². The molecule has 0 saturated heterocycles. The van der Waals surface area contributed by atoms with Gasteiger partial charge in [0.25, 0.3) is 0 Å². The zero-order chi connectivity index (χ0) is 19.1. The van der Waals surface area contributed by atoms with Gasteiger partial charge in [0.1, 0.15) is 0 Å². The molecule has 1 N–H and O–H groups in total. The van der Waals surface area contributed by atoms with Gasteiger partial charge in [-0.25, -0.2) is 13.2 Å². The highest BCUT2D eigenvalue weighted by Gasteiger charge is 2.21. The number of hydrogen-bond acceptors (Lipinski definition) is 2. The van der Waals surface area contributed by atoms with Crippen molar-refractivity contribution in [3.8, 4) is 0 Å². The van der Waals surface area contributed by atoms with Gasteiger partial charge in [0.2, 0.25) is 11.8 Å². The van der Waals surface area contributed by atoms with E-state index < -0.39 is 23.4 Å². The molecule has 0 aromatic heterocycles. The van der Waals surface area contributed by atoms with Crippen LogP contribution in [0.5, 0.6) is 0 Å². The van der Waals surface area contributed by atoms with Gasteiger partial charge in [-0.05, 0) is 44.2 Å². The summed E-state index contributed by atoms with van der Waals surface area (Å²) < 4.78 is 40.3. The van der Waals surface area contributed by atoms with Gasteiger partial charge >= 0.3 is 0 Å².